The van der Waals surface area contributed by atoms with Gasteiger partial charge in [-0.1, -0.05) is 0 Å². The summed E-state index contributed by atoms with van der Waals surface area (Å²) in [5.41, 5.74) is 0. The van der Waals surface area contributed by atoms with E-state index in [4.69, 9.17) is 4.74 Å². The smallest absolute Gasteiger partial charge is 0.260 e. The molecule has 0 aliphatic carbocycles. The molecule has 2 rings (SSSR count). The highest BCUT2D eigenvalue weighted by molar-refractivity contribution is 5.80. The summed E-state index contributed by atoms with van der Waals surface area (Å²) in [5.74, 6) is -0.0543. The number of hydrogen-bond donors (Lipinski definition) is 1. The molecule has 1 amide bonds. The molecular formula is C15H18FN3O2. The molecule has 1 heterocycles. The Hall–Kier alpha value is -2.37. The molecule has 2 aromatic rings. The number of halogens is 1. The van der Waals surface area contributed by atoms with Gasteiger partial charge in [0.15, 0.2) is 6.10 Å². The van der Waals surface area contributed by atoms with Gasteiger partial charge in [0.2, 0.25) is 0 Å². The summed E-state index contributed by atoms with van der Waals surface area (Å²) in [6.07, 6.45) is 5.52. The number of nitrogens with zero attached hydrogens (tertiary/aromatic N) is 2. The van der Waals surface area contributed by atoms with Crippen LogP contribution in [0.5, 0.6) is 5.75 Å². The number of amides is 1. The van der Waals surface area contributed by atoms with Crippen LogP contribution in [0.25, 0.3) is 0 Å². The predicted octanol–water partition coefficient (Wildman–Crippen LogP) is 2.00. The zero-order valence-electron chi connectivity index (χ0n) is 11.8. The van der Waals surface area contributed by atoms with Crippen molar-refractivity contribution in [2.45, 2.75) is 26.0 Å². The number of carbonyl (C=O) groups excluding carboxylic acids is 1. The Balaban J connectivity index is 1.68. The third-order valence-corrected chi connectivity index (χ3v) is 2.95. The Bertz CT molecular complexity index is 555. The van der Waals surface area contributed by atoms with E-state index in [0.717, 1.165) is 13.0 Å². The molecule has 0 bridgehead atoms. The summed E-state index contributed by atoms with van der Waals surface area (Å²) in [6, 6.07) is 5.59. The quantitative estimate of drug-likeness (QED) is 0.794. The highest BCUT2D eigenvalue weighted by Gasteiger charge is 2.13. The van der Waals surface area contributed by atoms with Gasteiger partial charge < -0.3 is 14.6 Å². The second-order valence-corrected chi connectivity index (χ2v) is 4.66. The number of carbonyl (C=O) groups is 1. The lowest BCUT2D eigenvalue weighted by atomic mass is 10.3. The van der Waals surface area contributed by atoms with Crippen LogP contribution in [0.3, 0.4) is 0 Å². The first-order chi connectivity index (χ1) is 10.1. The van der Waals surface area contributed by atoms with Crippen LogP contribution in [0.15, 0.2) is 43.0 Å². The van der Waals surface area contributed by atoms with E-state index < -0.39 is 6.10 Å². The number of ether oxygens (including phenoxy) is 1. The van der Waals surface area contributed by atoms with Crippen molar-refractivity contribution in [1.29, 1.82) is 0 Å². The molecule has 0 unspecified atom stereocenters. The molecule has 1 aromatic heterocycles. The van der Waals surface area contributed by atoms with Crippen molar-refractivity contribution in [3.05, 3.63) is 48.8 Å². The number of hydrogen-bond acceptors (Lipinski definition) is 3. The van der Waals surface area contributed by atoms with Crippen molar-refractivity contribution < 1.29 is 13.9 Å². The lowest BCUT2D eigenvalue weighted by Gasteiger charge is -2.14. The van der Waals surface area contributed by atoms with Crippen LogP contribution in [-0.4, -0.2) is 28.1 Å². The van der Waals surface area contributed by atoms with E-state index in [1.165, 1.54) is 24.3 Å². The minimum absolute atomic E-state index is 0.190. The molecule has 1 atom stereocenters. The van der Waals surface area contributed by atoms with Crippen LogP contribution < -0.4 is 10.1 Å². The Labute approximate surface area is 122 Å². The number of aryl methyl sites for hydroxylation is 1. The second-order valence-electron chi connectivity index (χ2n) is 4.66. The van der Waals surface area contributed by atoms with E-state index in [2.05, 4.69) is 10.3 Å². The number of nitrogens with one attached hydrogen (secondary N) is 1. The molecule has 0 fully saturated rings. The fourth-order valence-electron chi connectivity index (χ4n) is 1.81. The third-order valence-electron chi connectivity index (χ3n) is 2.95. The molecule has 112 valence electrons. The second kappa shape index (κ2) is 7.42. The van der Waals surface area contributed by atoms with Crippen molar-refractivity contribution in [2.75, 3.05) is 6.54 Å². The van der Waals surface area contributed by atoms with Gasteiger partial charge in [-0.25, -0.2) is 9.37 Å². The Kier molecular flexibility index (Phi) is 5.31. The molecular weight excluding hydrogens is 273 g/mol. The normalized spacial score (nSPS) is 11.9. The summed E-state index contributed by atoms with van der Waals surface area (Å²) in [7, 11) is 0. The molecule has 0 saturated heterocycles. The van der Waals surface area contributed by atoms with E-state index >= 15 is 0 Å². The first-order valence-corrected chi connectivity index (χ1v) is 6.81. The molecule has 21 heavy (non-hydrogen) atoms. The van der Waals surface area contributed by atoms with Gasteiger partial charge in [0, 0.05) is 25.5 Å². The zero-order chi connectivity index (χ0) is 15.1. The Morgan fingerprint density at radius 3 is 2.86 bits per heavy atom. The summed E-state index contributed by atoms with van der Waals surface area (Å²) < 4.78 is 20.2. The van der Waals surface area contributed by atoms with Gasteiger partial charge in [-0.15, -0.1) is 0 Å². The van der Waals surface area contributed by atoms with Crippen molar-refractivity contribution in [1.82, 2.24) is 14.9 Å². The van der Waals surface area contributed by atoms with Gasteiger partial charge in [-0.05, 0) is 37.6 Å². The van der Waals surface area contributed by atoms with Gasteiger partial charge in [-0.2, -0.15) is 0 Å². The van der Waals surface area contributed by atoms with Crippen LogP contribution in [0.1, 0.15) is 13.3 Å². The monoisotopic (exact) mass is 291 g/mol. The Morgan fingerprint density at radius 1 is 1.43 bits per heavy atom. The standard InChI is InChI=1S/C15H18FN3O2/c1-12(21-14-5-3-13(16)4-6-14)15(20)18-7-2-9-19-10-8-17-11-19/h3-6,8,10-12H,2,7,9H2,1H3,(H,18,20)/t12-/m1/s1. The van der Waals surface area contributed by atoms with E-state index in [1.807, 2.05) is 10.8 Å². The average molecular weight is 291 g/mol. The summed E-state index contributed by atoms with van der Waals surface area (Å²) >= 11 is 0. The third kappa shape index (κ3) is 4.91. The van der Waals surface area contributed by atoms with Crippen molar-refractivity contribution in [2.24, 2.45) is 0 Å². The number of aromatic nitrogens is 2. The average Bonchev–Trinajstić information content (AvgIpc) is 2.99. The molecule has 0 saturated carbocycles. The molecule has 0 radical (unpaired) electrons. The maximum Gasteiger partial charge on any atom is 0.260 e. The van der Waals surface area contributed by atoms with Gasteiger partial charge in [0.25, 0.3) is 5.91 Å². The topological polar surface area (TPSA) is 56.1 Å². The van der Waals surface area contributed by atoms with Gasteiger partial charge in [0.05, 0.1) is 6.33 Å². The van der Waals surface area contributed by atoms with Crippen LogP contribution in [0, 0.1) is 5.82 Å². The summed E-state index contributed by atoms with van der Waals surface area (Å²) in [6.45, 7) is 3.02. The van der Waals surface area contributed by atoms with Crippen molar-refractivity contribution >= 4 is 5.91 Å². The molecule has 0 spiro atoms. The van der Waals surface area contributed by atoms with Gasteiger partial charge >= 0.3 is 0 Å². The molecule has 5 nitrogen and oxygen atoms in total. The fraction of sp³-hybridized carbons (Fsp3) is 0.333. The molecule has 0 aliphatic heterocycles. The van der Waals surface area contributed by atoms with E-state index in [9.17, 15) is 9.18 Å². The molecule has 1 N–H and O–H groups in total. The molecule has 6 heteroatoms. The van der Waals surface area contributed by atoms with Crippen molar-refractivity contribution in [3.63, 3.8) is 0 Å². The first kappa shape index (κ1) is 15.0. The molecule has 1 aromatic carbocycles. The van der Waals surface area contributed by atoms with Crippen molar-refractivity contribution in [3.8, 4) is 5.75 Å². The van der Waals surface area contributed by atoms with Gasteiger partial charge in [0.1, 0.15) is 11.6 Å². The summed E-state index contributed by atoms with van der Waals surface area (Å²) in [4.78, 5) is 15.8. The Morgan fingerprint density at radius 2 is 2.19 bits per heavy atom. The lowest BCUT2D eigenvalue weighted by molar-refractivity contribution is -0.127. The van der Waals surface area contributed by atoms with Gasteiger partial charge in [-0.3, -0.25) is 4.79 Å². The van der Waals surface area contributed by atoms with E-state index in [0.29, 0.717) is 12.3 Å². The largest absolute Gasteiger partial charge is 0.481 e. The SMILES string of the molecule is C[C@@H](Oc1ccc(F)cc1)C(=O)NCCCn1ccnc1. The predicted molar refractivity (Wildman–Crippen MR) is 76.3 cm³/mol. The highest BCUT2D eigenvalue weighted by Crippen LogP contribution is 2.12. The van der Waals surface area contributed by atoms with Crippen LogP contribution in [0.2, 0.25) is 0 Å². The van der Waals surface area contributed by atoms with E-state index in [1.54, 1.807) is 19.4 Å². The number of benzene rings is 1. The van der Waals surface area contributed by atoms with E-state index in [-0.39, 0.29) is 11.7 Å². The zero-order valence-corrected chi connectivity index (χ0v) is 11.8. The van der Waals surface area contributed by atoms with Crippen LogP contribution >= 0.6 is 0 Å². The highest BCUT2D eigenvalue weighted by atomic mass is 19.1. The maximum absolute atomic E-state index is 12.8. The van der Waals surface area contributed by atoms with Crippen LogP contribution in [0.4, 0.5) is 4.39 Å². The first-order valence-electron chi connectivity index (χ1n) is 6.81. The fourth-order valence-corrected chi connectivity index (χ4v) is 1.81. The van der Waals surface area contributed by atoms with Crippen LogP contribution in [-0.2, 0) is 11.3 Å². The minimum Gasteiger partial charge on any atom is -0.481 e. The molecule has 0 aliphatic rings. The number of imidazole rings is 1. The number of rotatable bonds is 7. The maximum atomic E-state index is 12.8. The minimum atomic E-state index is -0.622. The summed E-state index contributed by atoms with van der Waals surface area (Å²) in [5, 5.41) is 2.80. The lowest BCUT2D eigenvalue weighted by Crippen LogP contribution is -2.37.